The van der Waals surface area contributed by atoms with Gasteiger partial charge in [0.05, 0.1) is 27.8 Å². The molecule has 0 spiro atoms. The highest BCUT2D eigenvalue weighted by atomic mass is 32.1. The van der Waals surface area contributed by atoms with Crippen LogP contribution in [0.15, 0.2) is 17.8 Å². The summed E-state index contributed by atoms with van der Waals surface area (Å²) in [5.74, 6) is 5.68. The van der Waals surface area contributed by atoms with Crippen molar-refractivity contribution in [1.29, 1.82) is 0 Å². The summed E-state index contributed by atoms with van der Waals surface area (Å²) in [5, 5.41) is 4.32. The summed E-state index contributed by atoms with van der Waals surface area (Å²) in [7, 11) is 0. The van der Waals surface area contributed by atoms with E-state index in [1.165, 1.54) is 0 Å². The van der Waals surface area contributed by atoms with Crippen LogP contribution in [-0.4, -0.2) is 14.8 Å². The zero-order valence-corrected chi connectivity index (χ0v) is 10.9. The Kier molecular flexibility index (Phi) is 3.88. The second-order valence-corrected chi connectivity index (χ2v) is 4.77. The van der Waals surface area contributed by atoms with Gasteiger partial charge in [0.25, 0.3) is 0 Å². The highest BCUT2D eigenvalue weighted by Gasteiger charge is 2.20. The second-order valence-electron chi connectivity index (χ2n) is 3.88. The Hall–Kier alpha value is -1.24. The summed E-state index contributed by atoms with van der Waals surface area (Å²) < 4.78 is 1.99. The van der Waals surface area contributed by atoms with Crippen LogP contribution < -0.4 is 11.3 Å². The average Bonchev–Trinajstić information content (AvgIpc) is 2.92. The Morgan fingerprint density at radius 3 is 3.00 bits per heavy atom. The maximum Gasteiger partial charge on any atom is 0.0988 e. The van der Waals surface area contributed by atoms with Crippen molar-refractivity contribution in [2.45, 2.75) is 32.9 Å². The number of hydrogen-bond acceptors (Lipinski definition) is 5. The van der Waals surface area contributed by atoms with E-state index in [0.29, 0.717) is 0 Å². The number of aromatic nitrogens is 3. The number of nitrogens with two attached hydrogens (primary N) is 1. The fourth-order valence-corrected chi connectivity index (χ4v) is 2.74. The summed E-state index contributed by atoms with van der Waals surface area (Å²) >= 11 is 1.61. The molecule has 17 heavy (non-hydrogen) atoms. The number of nitrogens with one attached hydrogen (secondary N) is 1. The molecule has 3 N–H and O–H groups in total. The van der Waals surface area contributed by atoms with Gasteiger partial charge in [0.2, 0.25) is 0 Å². The summed E-state index contributed by atoms with van der Waals surface area (Å²) in [5.41, 5.74) is 6.80. The largest absolute Gasteiger partial charge is 0.270 e. The van der Waals surface area contributed by atoms with Gasteiger partial charge in [-0.3, -0.25) is 10.5 Å². The van der Waals surface area contributed by atoms with Crippen molar-refractivity contribution in [3.63, 3.8) is 0 Å². The predicted octanol–water partition coefficient (Wildman–Crippen LogP) is 1.61. The van der Waals surface area contributed by atoms with Gasteiger partial charge in [-0.05, 0) is 19.4 Å². The first-order chi connectivity index (χ1) is 8.27. The smallest absolute Gasteiger partial charge is 0.0988 e. The quantitative estimate of drug-likeness (QED) is 0.626. The Bertz CT molecular complexity index is 476. The Labute approximate surface area is 105 Å². The fraction of sp³-hybridized carbons (Fsp3) is 0.455. The molecule has 0 aromatic carbocycles. The van der Waals surface area contributed by atoms with Gasteiger partial charge >= 0.3 is 0 Å². The van der Waals surface area contributed by atoms with Crippen LogP contribution in [0.25, 0.3) is 0 Å². The SMILES string of the molecule is CCCn1nccc1C(NN)c1scnc1C. The molecule has 1 atom stereocenters. The normalized spacial score (nSPS) is 12.9. The van der Waals surface area contributed by atoms with Crippen molar-refractivity contribution in [2.24, 2.45) is 5.84 Å². The van der Waals surface area contributed by atoms with E-state index in [1.807, 2.05) is 29.4 Å². The van der Waals surface area contributed by atoms with Crippen LogP contribution in [0.3, 0.4) is 0 Å². The molecule has 5 nitrogen and oxygen atoms in total. The van der Waals surface area contributed by atoms with E-state index >= 15 is 0 Å². The summed E-state index contributed by atoms with van der Waals surface area (Å²) in [4.78, 5) is 5.41. The van der Waals surface area contributed by atoms with E-state index in [2.05, 4.69) is 22.4 Å². The van der Waals surface area contributed by atoms with Gasteiger partial charge in [-0.2, -0.15) is 5.10 Å². The molecule has 0 saturated heterocycles. The molecular formula is C11H17N5S. The zero-order chi connectivity index (χ0) is 12.3. The lowest BCUT2D eigenvalue weighted by Gasteiger charge is -2.16. The third-order valence-corrected chi connectivity index (χ3v) is 3.69. The first kappa shape index (κ1) is 12.2. The average molecular weight is 251 g/mol. The third kappa shape index (κ3) is 2.38. The molecule has 0 saturated carbocycles. The first-order valence-electron chi connectivity index (χ1n) is 5.65. The summed E-state index contributed by atoms with van der Waals surface area (Å²) in [6.07, 6.45) is 2.86. The minimum absolute atomic E-state index is 0.0310. The Morgan fingerprint density at radius 1 is 1.59 bits per heavy atom. The molecule has 6 heteroatoms. The molecule has 0 fully saturated rings. The van der Waals surface area contributed by atoms with E-state index in [0.717, 1.165) is 29.2 Å². The van der Waals surface area contributed by atoms with Crippen molar-refractivity contribution in [3.05, 3.63) is 34.0 Å². The van der Waals surface area contributed by atoms with Crippen molar-refractivity contribution in [3.8, 4) is 0 Å². The van der Waals surface area contributed by atoms with Gasteiger partial charge in [-0.1, -0.05) is 6.92 Å². The molecule has 2 rings (SSSR count). The monoisotopic (exact) mass is 251 g/mol. The lowest BCUT2D eigenvalue weighted by molar-refractivity contribution is 0.523. The number of nitrogens with zero attached hydrogens (tertiary/aromatic N) is 3. The molecule has 92 valence electrons. The molecule has 0 amide bonds. The zero-order valence-electron chi connectivity index (χ0n) is 10.1. The molecule has 0 aliphatic heterocycles. The lowest BCUT2D eigenvalue weighted by atomic mass is 10.1. The molecular weight excluding hydrogens is 234 g/mol. The Balaban J connectivity index is 2.35. The van der Waals surface area contributed by atoms with Crippen molar-refractivity contribution in [2.75, 3.05) is 0 Å². The highest BCUT2D eigenvalue weighted by Crippen LogP contribution is 2.27. The van der Waals surface area contributed by atoms with E-state index in [4.69, 9.17) is 5.84 Å². The molecule has 2 aromatic heterocycles. The minimum Gasteiger partial charge on any atom is -0.270 e. The number of hydrazine groups is 1. The minimum atomic E-state index is -0.0310. The molecule has 2 heterocycles. The molecule has 0 bridgehead atoms. The predicted molar refractivity (Wildman–Crippen MR) is 68.5 cm³/mol. The van der Waals surface area contributed by atoms with Gasteiger partial charge in [-0.25, -0.2) is 10.4 Å². The van der Waals surface area contributed by atoms with Crippen LogP contribution in [0.1, 0.15) is 35.7 Å². The second kappa shape index (κ2) is 5.39. The molecule has 0 radical (unpaired) electrons. The molecule has 0 aliphatic carbocycles. The van der Waals surface area contributed by atoms with Crippen LogP contribution in [-0.2, 0) is 6.54 Å². The van der Waals surface area contributed by atoms with E-state index < -0.39 is 0 Å². The van der Waals surface area contributed by atoms with Crippen LogP contribution >= 0.6 is 11.3 Å². The topological polar surface area (TPSA) is 68.8 Å². The van der Waals surface area contributed by atoms with Crippen molar-refractivity contribution >= 4 is 11.3 Å². The van der Waals surface area contributed by atoms with Crippen molar-refractivity contribution in [1.82, 2.24) is 20.2 Å². The van der Waals surface area contributed by atoms with E-state index in [-0.39, 0.29) is 6.04 Å². The van der Waals surface area contributed by atoms with Crippen molar-refractivity contribution < 1.29 is 0 Å². The number of thiazole rings is 1. The number of hydrogen-bond donors (Lipinski definition) is 2. The van der Waals surface area contributed by atoms with E-state index in [9.17, 15) is 0 Å². The number of aryl methyl sites for hydroxylation is 2. The Morgan fingerprint density at radius 2 is 2.41 bits per heavy atom. The lowest BCUT2D eigenvalue weighted by Crippen LogP contribution is -2.30. The van der Waals surface area contributed by atoms with Gasteiger partial charge in [0, 0.05) is 12.7 Å². The van der Waals surface area contributed by atoms with Gasteiger partial charge in [-0.15, -0.1) is 11.3 Å². The third-order valence-electron chi connectivity index (χ3n) is 2.69. The molecule has 2 aromatic rings. The molecule has 1 unspecified atom stereocenters. The van der Waals surface area contributed by atoms with E-state index in [1.54, 1.807) is 11.3 Å². The maximum absolute atomic E-state index is 5.68. The van der Waals surface area contributed by atoms with Crippen LogP contribution in [0.2, 0.25) is 0 Å². The number of rotatable bonds is 5. The van der Waals surface area contributed by atoms with Crippen LogP contribution in [0.5, 0.6) is 0 Å². The summed E-state index contributed by atoms with van der Waals surface area (Å²) in [6.45, 7) is 5.03. The first-order valence-corrected chi connectivity index (χ1v) is 6.53. The van der Waals surface area contributed by atoms with Gasteiger partial charge < -0.3 is 0 Å². The fourth-order valence-electron chi connectivity index (χ4n) is 1.87. The van der Waals surface area contributed by atoms with Gasteiger partial charge in [0.1, 0.15) is 0 Å². The van der Waals surface area contributed by atoms with Gasteiger partial charge in [0.15, 0.2) is 0 Å². The highest BCUT2D eigenvalue weighted by molar-refractivity contribution is 7.09. The molecule has 0 aliphatic rings. The standard InChI is InChI=1S/C11H17N5S/c1-3-6-16-9(4-5-14-16)10(15-12)11-8(2)13-7-17-11/h4-5,7,10,15H,3,6,12H2,1-2H3. The maximum atomic E-state index is 5.68. The van der Waals surface area contributed by atoms with Crippen LogP contribution in [0.4, 0.5) is 0 Å². The van der Waals surface area contributed by atoms with Crippen LogP contribution in [0, 0.1) is 6.92 Å². The summed E-state index contributed by atoms with van der Waals surface area (Å²) in [6, 6.07) is 1.97.